The summed E-state index contributed by atoms with van der Waals surface area (Å²) >= 11 is 0. The molecule has 2 amide bonds. The molecule has 2 N–H and O–H groups in total. The Balaban J connectivity index is 1.44. The molecule has 0 aliphatic heterocycles. The lowest BCUT2D eigenvalue weighted by Crippen LogP contribution is -2.46. The number of H-pyrrole nitrogens is 1. The van der Waals surface area contributed by atoms with Gasteiger partial charge in [-0.15, -0.1) is 0 Å². The van der Waals surface area contributed by atoms with Gasteiger partial charge in [0.05, 0.1) is 18.1 Å². The van der Waals surface area contributed by atoms with Gasteiger partial charge in [-0.25, -0.2) is 9.78 Å². The molecule has 4 rings (SSSR count). The number of aromatic amines is 1. The summed E-state index contributed by atoms with van der Waals surface area (Å²) in [6, 6.07) is 15.9. The van der Waals surface area contributed by atoms with Gasteiger partial charge in [0.1, 0.15) is 11.6 Å². The van der Waals surface area contributed by atoms with Crippen molar-refractivity contribution >= 4 is 22.8 Å². The first-order valence-electron chi connectivity index (χ1n) is 9.89. The molecule has 1 fully saturated rings. The van der Waals surface area contributed by atoms with Gasteiger partial charge in [0.15, 0.2) is 0 Å². The molecule has 146 valence electrons. The van der Waals surface area contributed by atoms with Crippen LogP contribution in [0.1, 0.15) is 31.5 Å². The summed E-state index contributed by atoms with van der Waals surface area (Å²) in [5.74, 6) is 1.64. The number of carbonyl (C=O) groups is 1. The lowest BCUT2D eigenvalue weighted by molar-refractivity contribution is 0.244. The van der Waals surface area contributed by atoms with Crippen LogP contribution in [0.15, 0.2) is 48.5 Å². The normalized spacial score (nSPS) is 14.3. The monoisotopic (exact) mass is 378 g/mol. The number of para-hydroxylation sites is 2. The number of urea groups is 1. The molecule has 0 saturated heterocycles. The standard InChI is InChI=1S/C22H26N4O2/c1-28-18-10-6-9-17(15-18)26(16-7-2-3-8-16)22(27)23-14-13-21-24-19-11-4-5-12-20(19)25-21/h4-6,9-12,15-16H,2-3,7-8,13-14H2,1H3,(H,23,27)(H,24,25). The van der Waals surface area contributed by atoms with E-state index in [9.17, 15) is 4.79 Å². The molecule has 0 atom stereocenters. The number of anilines is 1. The highest BCUT2D eigenvalue weighted by molar-refractivity contribution is 5.92. The second-order valence-electron chi connectivity index (χ2n) is 7.19. The molecule has 1 heterocycles. The van der Waals surface area contributed by atoms with Crippen molar-refractivity contribution in [2.24, 2.45) is 0 Å². The number of ether oxygens (including phenoxy) is 1. The minimum atomic E-state index is -0.0590. The molecule has 6 nitrogen and oxygen atoms in total. The van der Waals surface area contributed by atoms with E-state index < -0.39 is 0 Å². The van der Waals surface area contributed by atoms with Crippen LogP contribution in [0.3, 0.4) is 0 Å². The topological polar surface area (TPSA) is 70.2 Å². The van der Waals surface area contributed by atoms with Crippen LogP contribution >= 0.6 is 0 Å². The predicted octanol–water partition coefficient (Wildman–Crippen LogP) is 4.27. The van der Waals surface area contributed by atoms with Crippen LogP contribution in [0.4, 0.5) is 10.5 Å². The molecule has 1 aliphatic carbocycles. The lowest BCUT2D eigenvalue weighted by atomic mass is 10.2. The number of amides is 2. The van der Waals surface area contributed by atoms with Crippen LogP contribution in [0.2, 0.25) is 0 Å². The number of carbonyl (C=O) groups excluding carboxylic acids is 1. The Kier molecular flexibility index (Phi) is 5.46. The first-order valence-corrected chi connectivity index (χ1v) is 9.89. The smallest absolute Gasteiger partial charge is 0.322 e. The van der Waals surface area contributed by atoms with Crippen molar-refractivity contribution in [3.8, 4) is 5.75 Å². The fraction of sp³-hybridized carbons (Fsp3) is 0.364. The van der Waals surface area contributed by atoms with Gasteiger partial charge in [-0.3, -0.25) is 4.90 Å². The molecule has 3 aromatic rings. The van der Waals surface area contributed by atoms with E-state index in [0.29, 0.717) is 13.0 Å². The third-order valence-corrected chi connectivity index (χ3v) is 5.32. The van der Waals surface area contributed by atoms with Crippen LogP contribution < -0.4 is 15.0 Å². The molecular formula is C22H26N4O2. The molecular weight excluding hydrogens is 352 g/mol. The van der Waals surface area contributed by atoms with Gasteiger partial charge in [-0.2, -0.15) is 0 Å². The van der Waals surface area contributed by atoms with Gasteiger partial charge in [0.2, 0.25) is 0 Å². The number of imidazole rings is 1. The average Bonchev–Trinajstić information content (AvgIpc) is 3.38. The fourth-order valence-corrected chi connectivity index (χ4v) is 3.91. The molecule has 1 aromatic heterocycles. The number of nitrogens with zero attached hydrogens (tertiary/aromatic N) is 2. The van der Waals surface area contributed by atoms with E-state index in [1.54, 1.807) is 7.11 Å². The van der Waals surface area contributed by atoms with Crippen LogP contribution in [0.25, 0.3) is 11.0 Å². The highest BCUT2D eigenvalue weighted by Gasteiger charge is 2.28. The summed E-state index contributed by atoms with van der Waals surface area (Å²) in [6.07, 6.45) is 5.06. The first-order chi connectivity index (χ1) is 13.7. The van der Waals surface area contributed by atoms with E-state index in [1.807, 2.05) is 53.4 Å². The van der Waals surface area contributed by atoms with E-state index in [2.05, 4.69) is 15.3 Å². The summed E-state index contributed by atoms with van der Waals surface area (Å²) in [6.45, 7) is 0.534. The maximum atomic E-state index is 13.0. The second kappa shape index (κ2) is 8.33. The van der Waals surface area contributed by atoms with E-state index in [-0.39, 0.29) is 12.1 Å². The Hall–Kier alpha value is -3.02. The first kappa shape index (κ1) is 18.3. The highest BCUT2D eigenvalue weighted by Crippen LogP contribution is 2.30. The number of rotatable bonds is 6. The van der Waals surface area contributed by atoms with Gasteiger partial charge in [-0.05, 0) is 37.1 Å². The molecule has 1 aliphatic rings. The van der Waals surface area contributed by atoms with Crippen LogP contribution in [-0.4, -0.2) is 35.7 Å². The summed E-state index contributed by atoms with van der Waals surface area (Å²) in [7, 11) is 1.65. The largest absolute Gasteiger partial charge is 0.497 e. The maximum Gasteiger partial charge on any atom is 0.322 e. The SMILES string of the molecule is COc1cccc(N(C(=O)NCCc2nc3ccccc3[nH]2)C2CCCC2)c1. The molecule has 2 aromatic carbocycles. The minimum Gasteiger partial charge on any atom is -0.497 e. The van der Waals surface area contributed by atoms with Crippen molar-refractivity contribution in [1.82, 2.24) is 15.3 Å². The van der Waals surface area contributed by atoms with Crippen molar-refractivity contribution in [3.05, 3.63) is 54.4 Å². The third kappa shape index (κ3) is 3.96. The van der Waals surface area contributed by atoms with Gasteiger partial charge >= 0.3 is 6.03 Å². The molecule has 0 radical (unpaired) electrons. The summed E-state index contributed by atoms with van der Waals surface area (Å²) in [5, 5.41) is 3.07. The molecule has 6 heteroatoms. The Bertz CT molecular complexity index is 913. The molecule has 0 bridgehead atoms. The van der Waals surface area contributed by atoms with Crippen LogP contribution in [0, 0.1) is 0 Å². The Labute approximate surface area is 164 Å². The zero-order chi connectivity index (χ0) is 19.3. The lowest BCUT2D eigenvalue weighted by Gasteiger charge is -2.29. The number of aromatic nitrogens is 2. The summed E-state index contributed by atoms with van der Waals surface area (Å²) < 4.78 is 5.34. The number of hydrogen-bond acceptors (Lipinski definition) is 3. The van der Waals surface area contributed by atoms with Crippen molar-refractivity contribution in [3.63, 3.8) is 0 Å². The summed E-state index contributed by atoms with van der Waals surface area (Å²) in [4.78, 5) is 22.8. The van der Waals surface area contributed by atoms with Crippen molar-refractivity contribution in [1.29, 1.82) is 0 Å². The van der Waals surface area contributed by atoms with Gasteiger partial charge < -0.3 is 15.0 Å². The fourth-order valence-electron chi connectivity index (χ4n) is 3.91. The number of methoxy groups -OCH3 is 1. The molecule has 1 saturated carbocycles. The van der Waals surface area contributed by atoms with Gasteiger partial charge in [0, 0.05) is 30.8 Å². The predicted molar refractivity (Wildman–Crippen MR) is 111 cm³/mol. The van der Waals surface area contributed by atoms with Crippen LogP contribution in [0.5, 0.6) is 5.75 Å². The molecule has 28 heavy (non-hydrogen) atoms. The van der Waals surface area contributed by atoms with E-state index >= 15 is 0 Å². The highest BCUT2D eigenvalue weighted by atomic mass is 16.5. The zero-order valence-electron chi connectivity index (χ0n) is 16.1. The van der Waals surface area contributed by atoms with Crippen molar-refractivity contribution in [2.45, 2.75) is 38.1 Å². The average molecular weight is 378 g/mol. The maximum absolute atomic E-state index is 13.0. The molecule has 0 spiro atoms. The zero-order valence-corrected chi connectivity index (χ0v) is 16.1. The number of nitrogens with one attached hydrogen (secondary N) is 2. The number of hydrogen-bond donors (Lipinski definition) is 2. The van der Waals surface area contributed by atoms with Gasteiger partial charge in [-0.1, -0.05) is 31.0 Å². The van der Waals surface area contributed by atoms with Crippen molar-refractivity contribution in [2.75, 3.05) is 18.6 Å². The number of benzene rings is 2. The minimum absolute atomic E-state index is 0.0590. The Morgan fingerprint density at radius 2 is 2.04 bits per heavy atom. The second-order valence-corrected chi connectivity index (χ2v) is 7.19. The van der Waals surface area contributed by atoms with E-state index in [0.717, 1.165) is 54.0 Å². The summed E-state index contributed by atoms with van der Waals surface area (Å²) in [5.41, 5.74) is 2.85. The van der Waals surface area contributed by atoms with E-state index in [1.165, 1.54) is 0 Å². The Morgan fingerprint density at radius 3 is 2.82 bits per heavy atom. The molecule has 0 unspecified atom stereocenters. The van der Waals surface area contributed by atoms with Crippen molar-refractivity contribution < 1.29 is 9.53 Å². The third-order valence-electron chi connectivity index (χ3n) is 5.32. The van der Waals surface area contributed by atoms with E-state index in [4.69, 9.17) is 4.74 Å². The van der Waals surface area contributed by atoms with Crippen LogP contribution in [-0.2, 0) is 6.42 Å². The van der Waals surface area contributed by atoms with Gasteiger partial charge in [0.25, 0.3) is 0 Å². The quantitative estimate of drug-likeness (QED) is 0.673. The number of fused-ring (bicyclic) bond motifs is 1. The Morgan fingerprint density at radius 1 is 1.21 bits per heavy atom.